The lowest BCUT2D eigenvalue weighted by Crippen LogP contribution is -2.05. The molecule has 68 valence electrons. The number of anilines is 1. The van der Waals surface area contributed by atoms with E-state index < -0.39 is 0 Å². The number of nitrogens with zero attached hydrogens (tertiary/aromatic N) is 2. The molecule has 1 rings (SSSR count). The second kappa shape index (κ2) is 5.12. The molecule has 13 heavy (non-hydrogen) atoms. The van der Waals surface area contributed by atoms with Crippen molar-refractivity contribution in [1.29, 1.82) is 0 Å². The maximum Gasteiger partial charge on any atom is 0.130 e. The molecule has 4 heteroatoms. The van der Waals surface area contributed by atoms with Gasteiger partial charge in [-0.05, 0) is 6.42 Å². The SMILES string of the molecule is C#Cc1cc(NCCCO)ncn1. The first kappa shape index (κ1) is 9.49. The van der Waals surface area contributed by atoms with Crippen molar-refractivity contribution in [3.05, 3.63) is 18.1 Å². The molecule has 0 fully saturated rings. The lowest BCUT2D eigenvalue weighted by atomic mass is 10.4. The van der Waals surface area contributed by atoms with E-state index in [9.17, 15) is 0 Å². The van der Waals surface area contributed by atoms with Crippen molar-refractivity contribution < 1.29 is 5.11 Å². The highest BCUT2D eigenvalue weighted by atomic mass is 16.3. The molecule has 0 spiro atoms. The minimum atomic E-state index is 0.167. The first-order chi connectivity index (χ1) is 6.36. The molecule has 0 aliphatic rings. The van der Waals surface area contributed by atoms with Crippen LogP contribution in [0.25, 0.3) is 0 Å². The number of aliphatic hydroxyl groups excluding tert-OH is 1. The Balaban J connectivity index is 2.52. The molecule has 0 radical (unpaired) electrons. The van der Waals surface area contributed by atoms with Gasteiger partial charge in [-0.15, -0.1) is 6.42 Å². The molecule has 0 aromatic carbocycles. The highest BCUT2D eigenvalue weighted by molar-refractivity contribution is 5.39. The van der Waals surface area contributed by atoms with Crippen LogP contribution in [-0.4, -0.2) is 28.2 Å². The summed E-state index contributed by atoms with van der Waals surface area (Å²) in [4.78, 5) is 7.81. The van der Waals surface area contributed by atoms with Crippen molar-refractivity contribution in [2.24, 2.45) is 0 Å². The van der Waals surface area contributed by atoms with Crippen LogP contribution < -0.4 is 5.32 Å². The molecule has 2 N–H and O–H groups in total. The standard InChI is InChI=1S/C9H11N3O/c1-2-8-6-9(12-7-11-8)10-4-3-5-13/h1,6-7,13H,3-5H2,(H,10,11,12). The topological polar surface area (TPSA) is 58.0 Å². The lowest BCUT2D eigenvalue weighted by molar-refractivity contribution is 0.292. The fourth-order valence-corrected chi connectivity index (χ4v) is 0.828. The molecule has 0 unspecified atom stereocenters. The predicted octanol–water partition coefficient (Wildman–Crippen LogP) is 0.252. The highest BCUT2D eigenvalue weighted by Crippen LogP contribution is 2.01. The van der Waals surface area contributed by atoms with Crippen LogP contribution in [-0.2, 0) is 0 Å². The van der Waals surface area contributed by atoms with Crippen molar-refractivity contribution in [1.82, 2.24) is 9.97 Å². The summed E-state index contributed by atoms with van der Waals surface area (Å²) in [6.45, 7) is 0.845. The van der Waals surface area contributed by atoms with Crippen LogP contribution in [0.4, 0.5) is 5.82 Å². The Kier molecular flexibility index (Phi) is 3.74. The summed E-state index contributed by atoms with van der Waals surface area (Å²) < 4.78 is 0. The van der Waals surface area contributed by atoms with Crippen LogP contribution in [0.5, 0.6) is 0 Å². The van der Waals surface area contributed by atoms with Gasteiger partial charge in [0.05, 0.1) is 0 Å². The fraction of sp³-hybridized carbons (Fsp3) is 0.333. The summed E-state index contributed by atoms with van der Waals surface area (Å²) in [5, 5.41) is 11.6. The van der Waals surface area contributed by atoms with E-state index >= 15 is 0 Å². The summed E-state index contributed by atoms with van der Waals surface area (Å²) >= 11 is 0. The van der Waals surface area contributed by atoms with E-state index in [2.05, 4.69) is 21.2 Å². The number of hydrogen-bond donors (Lipinski definition) is 2. The largest absolute Gasteiger partial charge is 0.396 e. The van der Waals surface area contributed by atoms with E-state index in [1.165, 1.54) is 6.33 Å². The summed E-state index contributed by atoms with van der Waals surface area (Å²) in [6, 6.07) is 1.69. The van der Waals surface area contributed by atoms with Crippen molar-refractivity contribution in [2.75, 3.05) is 18.5 Å². The van der Waals surface area contributed by atoms with E-state index in [1.54, 1.807) is 6.07 Å². The molecular weight excluding hydrogens is 166 g/mol. The molecule has 1 aromatic rings. The molecule has 0 saturated carbocycles. The van der Waals surface area contributed by atoms with Crippen LogP contribution in [0.15, 0.2) is 12.4 Å². The van der Waals surface area contributed by atoms with Gasteiger partial charge in [0.25, 0.3) is 0 Å². The van der Waals surface area contributed by atoms with Crippen LogP contribution >= 0.6 is 0 Å². The van der Waals surface area contributed by atoms with Gasteiger partial charge in [-0.3, -0.25) is 0 Å². The van der Waals surface area contributed by atoms with Crippen LogP contribution in [0.1, 0.15) is 12.1 Å². The number of terminal acetylenes is 1. The van der Waals surface area contributed by atoms with Gasteiger partial charge in [0.1, 0.15) is 17.8 Å². The van der Waals surface area contributed by atoms with Gasteiger partial charge < -0.3 is 10.4 Å². The summed E-state index contributed by atoms with van der Waals surface area (Å²) in [7, 11) is 0. The average molecular weight is 177 g/mol. The number of hydrogen-bond acceptors (Lipinski definition) is 4. The van der Waals surface area contributed by atoms with E-state index in [0.717, 1.165) is 0 Å². The monoisotopic (exact) mass is 177 g/mol. The average Bonchev–Trinajstić information content (AvgIpc) is 2.19. The van der Waals surface area contributed by atoms with Gasteiger partial charge in [-0.25, -0.2) is 9.97 Å². The molecule has 0 aliphatic heterocycles. The molecule has 0 amide bonds. The molecule has 0 aliphatic carbocycles. The highest BCUT2D eigenvalue weighted by Gasteiger charge is 1.94. The Bertz CT molecular complexity index is 306. The Hall–Kier alpha value is -1.60. The molecule has 1 heterocycles. The van der Waals surface area contributed by atoms with Crippen LogP contribution in [0.3, 0.4) is 0 Å². The Labute approximate surface area is 77.0 Å². The quantitative estimate of drug-likeness (QED) is 0.511. The fourth-order valence-electron chi connectivity index (χ4n) is 0.828. The van der Waals surface area contributed by atoms with Gasteiger partial charge in [0.15, 0.2) is 0 Å². The zero-order valence-electron chi connectivity index (χ0n) is 7.20. The third kappa shape index (κ3) is 3.09. The molecular formula is C9H11N3O. The van der Waals surface area contributed by atoms with Gasteiger partial charge in [-0.2, -0.15) is 0 Å². The zero-order chi connectivity index (χ0) is 9.52. The molecule has 4 nitrogen and oxygen atoms in total. The normalized spacial score (nSPS) is 9.23. The number of aromatic nitrogens is 2. The second-order valence-electron chi connectivity index (χ2n) is 2.44. The molecule has 1 aromatic heterocycles. The van der Waals surface area contributed by atoms with E-state index in [1.807, 2.05) is 0 Å². The number of rotatable bonds is 4. The third-order valence-corrected chi connectivity index (χ3v) is 1.46. The first-order valence-corrected chi connectivity index (χ1v) is 4.00. The van der Waals surface area contributed by atoms with E-state index in [4.69, 9.17) is 11.5 Å². The smallest absolute Gasteiger partial charge is 0.130 e. The Morgan fingerprint density at radius 2 is 2.38 bits per heavy atom. The summed E-state index contributed by atoms with van der Waals surface area (Å²) in [6.07, 6.45) is 7.27. The minimum Gasteiger partial charge on any atom is -0.396 e. The molecule has 0 saturated heterocycles. The summed E-state index contributed by atoms with van der Waals surface area (Å²) in [5.41, 5.74) is 0.557. The van der Waals surface area contributed by atoms with E-state index in [0.29, 0.717) is 24.5 Å². The Morgan fingerprint density at radius 3 is 3.08 bits per heavy atom. The maximum absolute atomic E-state index is 8.54. The number of aliphatic hydroxyl groups is 1. The summed E-state index contributed by atoms with van der Waals surface area (Å²) in [5.74, 6) is 3.11. The third-order valence-electron chi connectivity index (χ3n) is 1.46. The van der Waals surface area contributed by atoms with Gasteiger partial charge in [0, 0.05) is 19.2 Å². The first-order valence-electron chi connectivity index (χ1n) is 4.00. The van der Waals surface area contributed by atoms with Crippen molar-refractivity contribution in [3.8, 4) is 12.3 Å². The molecule has 0 atom stereocenters. The lowest BCUT2D eigenvalue weighted by Gasteiger charge is -2.02. The van der Waals surface area contributed by atoms with Crippen molar-refractivity contribution in [3.63, 3.8) is 0 Å². The maximum atomic E-state index is 8.54. The van der Waals surface area contributed by atoms with Crippen molar-refractivity contribution in [2.45, 2.75) is 6.42 Å². The Morgan fingerprint density at radius 1 is 1.54 bits per heavy atom. The van der Waals surface area contributed by atoms with Crippen LogP contribution in [0, 0.1) is 12.3 Å². The van der Waals surface area contributed by atoms with Crippen molar-refractivity contribution >= 4 is 5.82 Å². The van der Waals surface area contributed by atoms with E-state index in [-0.39, 0.29) is 6.61 Å². The van der Waals surface area contributed by atoms with Crippen LogP contribution in [0.2, 0.25) is 0 Å². The van der Waals surface area contributed by atoms with Gasteiger partial charge in [-0.1, -0.05) is 5.92 Å². The number of nitrogens with one attached hydrogen (secondary N) is 1. The zero-order valence-corrected chi connectivity index (χ0v) is 7.20. The van der Waals surface area contributed by atoms with Gasteiger partial charge >= 0.3 is 0 Å². The minimum absolute atomic E-state index is 0.167. The van der Waals surface area contributed by atoms with Gasteiger partial charge in [0.2, 0.25) is 0 Å². The molecule has 0 bridgehead atoms. The second-order valence-corrected chi connectivity index (χ2v) is 2.44. The predicted molar refractivity (Wildman–Crippen MR) is 50.2 cm³/mol.